The third-order valence-corrected chi connectivity index (χ3v) is 7.54. The standard InChI is InChI=1S/C20H20Cl2N4O3.C7H11N3/c1-27-14-7-15(28-2)19(22)17(18(14)21)13-5-10-8-24-16(23)6-12(10)20(26-13)25-11-3-4-29-9-11;1-2-4-10(3-1)7-5-8-9-6-7/h5-8,11H,3-4,9H2,1-2H3,(H2,23,24)(H,25,26);5-6H,1-4H2,(H,8,9). The van der Waals surface area contributed by atoms with E-state index in [0.29, 0.717) is 57.7 Å². The minimum Gasteiger partial charge on any atom is -0.495 e. The van der Waals surface area contributed by atoms with Crippen LogP contribution in [-0.2, 0) is 4.74 Å². The monoisotopic (exact) mass is 571 g/mol. The van der Waals surface area contributed by atoms with E-state index in [9.17, 15) is 0 Å². The van der Waals surface area contributed by atoms with Gasteiger partial charge in [-0.3, -0.25) is 5.10 Å². The van der Waals surface area contributed by atoms with Crippen LogP contribution in [0.25, 0.3) is 22.0 Å². The van der Waals surface area contributed by atoms with E-state index in [1.165, 1.54) is 45.8 Å². The van der Waals surface area contributed by atoms with Gasteiger partial charge in [0.15, 0.2) is 0 Å². The van der Waals surface area contributed by atoms with Crippen molar-refractivity contribution in [2.24, 2.45) is 0 Å². The zero-order chi connectivity index (χ0) is 27.4. The number of nitrogens with one attached hydrogen (secondary N) is 2. The van der Waals surface area contributed by atoms with Crippen LogP contribution < -0.4 is 25.4 Å². The highest BCUT2D eigenvalue weighted by Gasteiger charge is 2.23. The van der Waals surface area contributed by atoms with E-state index in [1.54, 1.807) is 18.3 Å². The zero-order valence-corrected chi connectivity index (χ0v) is 23.3. The van der Waals surface area contributed by atoms with E-state index in [-0.39, 0.29) is 6.04 Å². The first kappa shape index (κ1) is 27.1. The molecular formula is C27H31Cl2N7O3. The number of benzene rings is 1. The molecule has 10 nitrogen and oxygen atoms in total. The Bertz CT molecular complexity index is 1390. The summed E-state index contributed by atoms with van der Waals surface area (Å²) in [5, 5.41) is 12.6. The van der Waals surface area contributed by atoms with Crippen molar-refractivity contribution < 1.29 is 14.2 Å². The highest BCUT2D eigenvalue weighted by molar-refractivity contribution is 6.41. The molecule has 1 unspecified atom stereocenters. The van der Waals surface area contributed by atoms with Gasteiger partial charge in [0, 0.05) is 54.5 Å². The molecule has 2 aliphatic rings. The predicted octanol–water partition coefficient (Wildman–Crippen LogP) is 5.41. The number of rotatable bonds is 6. The molecule has 12 heteroatoms. The normalized spacial score (nSPS) is 16.7. The molecule has 5 heterocycles. The van der Waals surface area contributed by atoms with Gasteiger partial charge in [-0.15, -0.1) is 0 Å². The molecule has 206 valence electrons. The number of halogens is 2. The van der Waals surface area contributed by atoms with E-state index in [0.717, 1.165) is 17.2 Å². The molecule has 1 aromatic carbocycles. The lowest BCUT2D eigenvalue weighted by Crippen LogP contribution is -2.20. The molecule has 2 saturated heterocycles. The number of nitrogens with zero attached hydrogens (tertiary/aromatic N) is 4. The lowest BCUT2D eigenvalue weighted by Gasteiger charge is -2.18. The highest BCUT2D eigenvalue weighted by atomic mass is 35.5. The summed E-state index contributed by atoms with van der Waals surface area (Å²) >= 11 is 13.2. The lowest BCUT2D eigenvalue weighted by molar-refractivity contribution is 0.195. The number of methoxy groups -OCH3 is 2. The van der Waals surface area contributed by atoms with Gasteiger partial charge in [0.25, 0.3) is 0 Å². The number of nitrogen functional groups attached to an aromatic ring is 1. The number of nitrogens with two attached hydrogens (primary N) is 1. The predicted molar refractivity (Wildman–Crippen MR) is 155 cm³/mol. The fourth-order valence-electron chi connectivity index (χ4n) is 4.75. The molecule has 0 aliphatic carbocycles. The number of aromatic nitrogens is 4. The molecule has 0 spiro atoms. The quantitative estimate of drug-likeness (QED) is 0.278. The molecule has 2 aliphatic heterocycles. The Kier molecular flexibility index (Phi) is 8.44. The summed E-state index contributed by atoms with van der Waals surface area (Å²) in [7, 11) is 3.07. The smallest absolute Gasteiger partial charge is 0.141 e. The minimum absolute atomic E-state index is 0.154. The maximum atomic E-state index is 6.60. The number of ether oxygens (including phenoxy) is 3. The molecule has 4 N–H and O–H groups in total. The van der Waals surface area contributed by atoms with Gasteiger partial charge in [-0.1, -0.05) is 23.2 Å². The average molecular weight is 572 g/mol. The summed E-state index contributed by atoms with van der Waals surface area (Å²) in [4.78, 5) is 11.4. The van der Waals surface area contributed by atoms with Gasteiger partial charge < -0.3 is 30.2 Å². The molecule has 0 bridgehead atoms. The molecule has 0 radical (unpaired) electrons. The van der Waals surface area contributed by atoms with Crippen molar-refractivity contribution in [3.8, 4) is 22.8 Å². The second-order valence-electron chi connectivity index (χ2n) is 9.33. The minimum atomic E-state index is 0.154. The van der Waals surface area contributed by atoms with Crippen molar-refractivity contribution in [1.29, 1.82) is 0 Å². The Hall–Kier alpha value is -3.47. The second kappa shape index (κ2) is 12.1. The van der Waals surface area contributed by atoms with Gasteiger partial charge in [-0.25, -0.2) is 9.97 Å². The second-order valence-corrected chi connectivity index (χ2v) is 10.1. The summed E-state index contributed by atoms with van der Waals surface area (Å²) in [5.74, 6) is 1.96. The molecular weight excluding hydrogens is 541 g/mol. The van der Waals surface area contributed by atoms with Gasteiger partial charge in [0.2, 0.25) is 0 Å². The summed E-state index contributed by atoms with van der Waals surface area (Å²) in [6, 6.07) is 5.46. The number of pyridine rings is 2. The third-order valence-electron chi connectivity index (χ3n) is 6.79. The van der Waals surface area contributed by atoms with Gasteiger partial charge in [0.1, 0.15) is 23.1 Å². The van der Waals surface area contributed by atoms with Crippen molar-refractivity contribution >= 4 is 51.3 Å². The molecule has 3 aromatic heterocycles. The van der Waals surface area contributed by atoms with Gasteiger partial charge in [0.05, 0.1) is 54.5 Å². The maximum absolute atomic E-state index is 6.60. The van der Waals surface area contributed by atoms with E-state index in [4.69, 9.17) is 48.1 Å². The largest absolute Gasteiger partial charge is 0.495 e. The molecule has 4 aromatic rings. The number of H-pyrrole nitrogens is 1. The molecule has 2 fully saturated rings. The SMILES string of the molecule is COc1cc(OC)c(Cl)c(-c2cc3cnc(N)cc3c(NC3CCOC3)n2)c1Cl.c1n[nH]cc1N1CCCC1. The fraction of sp³-hybridized carbons (Fsp3) is 0.370. The van der Waals surface area contributed by atoms with Crippen LogP contribution in [0.3, 0.4) is 0 Å². The van der Waals surface area contributed by atoms with Crippen LogP contribution in [0.15, 0.2) is 36.8 Å². The first-order valence-electron chi connectivity index (χ1n) is 12.7. The van der Waals surface area contributed by atoms with Crippen LogP contribution in [0.4, 0.5) is 17.3 Å². The molecule has 0 amide bonds. The third kappa shape index (κ3) is 5.93. The van der Waals surface area contributed by atoms with Crippen LogP contribution in [-0.4, -0.2) is 66.7 Å². The Balaban J connectivity index is 0.000000257. The van der Waals surface area contributed by atoms with E-state index in [1.807, 2.05) is 18.5 Å². The van der Waals surface area contributed by atoms with Crippen LogP contribution in [0.1, 0.15) is 19.3 Å². The first-order valence-corrected chi connectivity index (χ1v) is 13.5. The van der Waals surface area contributed by atoms with E-state index < -0.39 is 0 Å². The summed E-state index contributed by atoms with van der Waals surface area (Å²) < 4.78 is 16.2. The average Bonchev–Trinajstić information content (AvgIpc) is 3.74. The number of aromatic amines is 1. The number of hydrogen-bond acceptors (Lipinski definition) is 9. The van der Waals surface area contributed by atoms with Crippen LogP contribution in [0.2, 0.25) is 10.0 Å². The maximum Gasteiger partial charge on any atom is 0.141 e. The van der Waals surface area contributed by atoms with Crippen LogP contribution in [0.5, 0.6) is 11.5 Å². The van der Waals surface area contributed by atoms with Crippen molar-refractivity contribution in [1.82, 2.24) is 20.2 Å². The summed E-state index contributed by atoms with van der Waals surface area (Å²) in [6.45, 7) is 3.71. The van der Waals surface area contributed by atoms with Crippen molar-refractivity contribution in [3.63, 3.8) is 0 Å². The van der Waals surface area contributed by atoms with Gasteiger partial charge in [-0.05, 0) is 31.4 Å². The van der Waals surface area contributed by atoms with Gasteiger partial charge in [-0.2, -0.15) is 5.10 Å². The fourth-order valence-corrected chi connectivity index (χ4v) is 5.44. The van der Waals surface area contributed by atoms with Crippen molar-refractivity contribution in [3.05, 3.63) is 46.8 Å². The number of anilines is 3. The Labute approximate surface area is 236 Å². The van der Waals surface area contributed by atoms with Gasteiger partial charge >= 0.3 is 0 Å². The number of fused-ring (bicyclic) bond motifs is 1. The first-order chi connectivity index (χ1) is 19.0. The summed E-state index contributed by atoms with van der Waals surface area (Å²) in [5.41, 5.74) is 8.23. The highest BCUT2D eigenvalue weighted by Crippen LogP contribution is 2.46. The Morgan fingerprint density at radius 3 is 2.44 bits per heavy atom. The van der Waals surface area contributed by atoms with E-state index >= 15 is 0 Å². The molecule has 6 rings (SSSR count). The molecule has 39 heavy (non-hydrogen) atoms. The summed E-state index contributed by atoms with van der Waals surface area (Å²) in [6.07, 6.45) is 9.07. The molecule has 1 atom stereocenters. The zero-order valence-electron chi connectivity index (χ0n) is 21.8. The lowest BCUT2D eigenvalue weighted by atomic mass is 10.1. The van der Waals surface area contributed by atoms with Crippen molar-refractivity contribution in [2.45, 2.75) is 25.3 Å². The van der Waals surface area contributed by atoms with E-state index in [2.05, 4.69) is 25.4 Å². The van der Waals surface area contributed by atoms with Crippen LogP contribution in [0, 0.1) is 0 Å². The number of hydrogen-bond donors (Lipinski definition) is 3. The Morgan fingerprint density at radius 1 is 1.08 bits per heavy atom. The topological polar surface area (TPSA) is 123 Å². The molecule has 0 saturated carbocycles. The Morgan fingerprint density at radius 2 is 1.82 bits per heavy atom. The van der Waals surface area contributed by atoms with Crippen molar-refractivity contribution in [2.75, 3.05) is 56.5 Å². The van der Waals surface area contributed by atoms with Crippen LogP contribution >= 0.6 is 23.2 Å².